The average Bonchev–Trinajstić information content (AvgIpc) is 3.29. The van der Waals surface area contributed by atoms with Crippen LogP contribution in [0.1, 0.15) is 40.0 Å². The molecule has 2 heterocycles. The van der Waals surface area contributed by atoms with Crippen LogP contribution in [0.25, 0.3) is 0 Å². The molecule has 1 aliphatic carbocycles. The summed E-state index contributed by atoms with van der Waals surface area (Å²) in [6.45, 7) is 15.3. The van der Waals surface area contributed by atoms with E-state index in [1.165, 1.54) is 0 Å². The van der Waals surface area contributed by atoms with Crippen molar-refractivity contribution < 1.29 is 19.1 Å². The third kappa shape index (κ3) is 4.20. The highest BCUT2D eigenvalue weighted by Crippen LogP contribution is 2.54. The van der Waals surface area contributed by atoms with Crippen LogP contribution in [-0.4, -0.2) is 59.9 Å². The molecule has 1 spiro atoms. The van der Waals surface area contributed by atoms with Gasteiger partial charge in [-0.15, -0.1) is 0 Å². The van der Waals surface area contributed by atoms with Crippen molar-refractivity contribution in [2.45, 2.75) is 51.7 Å². The number of ether oxygens (including phenoxy) is 2. The number of hydrogen-bond acceptors (Lipinski definition) is 4. The van der Waals surface area contributed by atoms with Crippen molar-refractivity contribution in [1.29, 1.82) is 0 Å². The number of carbonyl (C=O) groups excluding carboxylic acids is 2. The molecule has 0 aromatic carbocycles. The first kappa shape index (κ1) is 19.5. The van der Waals surface area contributed by atoms with Gasteiger partial charge in [0.1, 0.15) is 11.7 Å². The molecule has 1 saturated heterocycles. The first-order valence-corrected chi connectivity index (χ1v) is 9.58. The second kappa shape index (κ2) is 7.06. The fraction of sp³-hybridized carbons (Fsp3) is 0.619. The van der Waals surface area contributed by atoms with E-state index in [0.29, 0.717) is 26.2 Å². The minimum Gasteiger partial charge on any atom is -0.444 e. The molecule has 27 heavy (non-hydrogen) atoms. The second-order valence-corrected chi connectivity index (χ2v) is 8.73. The van der Waals surface area contributed by atoms with Crippen molar-refractivity contribution in [2.75, 3.05) is 26.2 Å². The number of rotatable bonds is 3. The van der Waals surface area contributed by atoms with Crippen molar-refractivity contribution in [1.82, 2.24) is 9.80 Å². The van der Waals surface area contributed by atoms with E-state index in [1.54, 1.807) is 15.9 Å². The molecule has 0 radical (unpaired) electrons. The summed E-state index contributed by atoms with van der Waals surface area (Å²) in [7, 11) is 0. The Balaban J connectivity index is 1.62. The van der Waals surface area contributed by atoms with Crippen LogP contribution in [0.3, 0.4) is 0 Å². The predicted octanol–water partition coefficient (Wildman–Crippen LogP) is 3.90. The second-order valence-electron chi connectivity index (χ2n) is 8.73. The molecule has 2 aliphatic heterocycles. The van der Waals surface area contributed by atoms with Gasteiger partial charge in [0.05, 0.1) is 6.54 Å². The Kier molecular flexibility index (Phi) is 5.10. The molecule has 1 atom stereocenters. The fourth-order valence-electron chi connectivity index (χ4n) is 3.79. The van der Waals surface area contributed by atoms with E-state index in [9.17, 15) is 9.59 Å². The van der Waals surface area contributed by atoms with E-state index in [4.69, 9.17) is 9.47 Å². The van der Waals surface area contributed by atoms with E-state index in [2.05, 4.69) is 13.2 Å². The van der Waals surface area contributed by atoms with Crippen LogP contribution in [0.15, 0.2) is 36.5 Å². The molecule has 2 fully saturated rings. The van der Waals surface area contributed by atoms with Gasteiger partial charge in [-0.3, -0.25) is 0 Å². The Morgan fingerprint density at radius 2 is 1.78 bits per heavy atom. The largest absolute Gasteiger partial charge is 0.444 e. The van der Waals surface area contributed by atoms with E-state index in [-0.39, 0.29) is 23.7 Å². The summed E-state index contributed by atoms with van der Waals surface area (Å²) in [4.78, 5) is 28.5. The first-order valence-electron chi connectivity index (χ1n) is 9.58. The molecule has 0 N–H and O–H groups in total. The van der Waals surface area contributed by atoms with E-state index in [1.807, 2.05) is 26.8 Å². The standard InChI is InChI=1S/C21H30N2O4/c1-6-15-8-11-22(12-16(15)7-2)18(24)26-17-13-23(14-21(17)9-10-21)19(25)27-20(3,4)5/h6-7,17H,1-2,8-14H2,3-5H3. The molecule has 3 rings (SSSR count). The van der Waals surface area contributed by atoms with Crippen molar-refractivity contribution >= 4 is 12.2 Å². The molecule has 1 saturated carbocycles. The predicted molar refractivity (Wildman–Crippen MR) is 103 cm³/mol. The highest BCUT2D eigenvalue weighted by Gasteiger charge is 2.58. The lowest BCUT2D eigenvalue weighted by Gasteiger charge is -2.30. The summed E-state index contributed by atoms with van der Waals surface area (Å²) in [5.74, 6) is 0. The van der Waals surface area contributed by atoms with Gasteiger partial charge >= 0.3 is 12.2 Å². The lowest BCUT2D eigenvalue weighted by atomic mass is 10.0. The normalized spacial score (nSPS) is 24.0. The molecule has 2 amide bonds. The fourth-order valence-corrected chi connectivity index (χ4v) is 3.79. The van der Waals surface area contributed by atoms with E-state index >= 15 is 0 Å². The summed E-state index contributed by atoms with van der Waals surface area (Å²) in [6, 6.07) is 0. The average molecular weight is 374 g/mol. The van der Waals surface area contributed by atoms with Gasteiger partial charge in [0.15, 0.2) is 0 Å². The zero-order valence-electron chi connectivity index (χ0n) is 16.6. The molecular formula is C21H30N2O4. The van der Waals surface area contributed by atoms with Crippen molar-refractivity contribution in [3.05, 3.63) is 36.5 Å². The van der Waals surface area contributed by atoms with Crippen LogP contribution in [0.2, 0.25) is 0 Å². The molecule has 3 aliphatic rings. The molecule has 0 aromatic rings. The van der Waals surface area contributed by atoms with Gasteiger partial charge in [-0.1, -0.05) is 25.3 Å². The molecule has 6 nitrogen and oxygen atoms in total. The van der Waals surface area contributed by atoms with Crippen LogP contribution < -0.4 is 0 Å². The highest BCUT2D eigenvalue weighted by molar-refractivity contribution is 5.71. The molecular weight excluding hydrogens is 344 g/mol. The Hall–Kier alpha value is -2.24. The Bertz CT molecular complexity index is 685. The summed E-state index contributed by atoms with van der Waals surface area (Å²) >= 11 is 0. The van der Waals surface area contributed by atoms with Gasteiger partial charge in [-0.2, -0.15) is 0 Å². The summed E-state index contributed by atoms with van der Waals surface area (Å²) in [5, 5.41) is 0. The smallest absolute Gasteiger partial charge is 0.410 e. The third-order valence-electron chi connectivity index (χ3n) is 5.54. The topological polar surface area (TPSA) is 59.1 Å². The van der Waals surface area contributed by atoms with Crippen molar-refractivity contribution in [3.63, 3.8) is 0 Å². The van der Waals surface area contributed by atoms with Gasteiger partial charge in [0, 0.05) is 25.0 Å². The molecule has 0 bridgehead atoms. The molecule has 1 unspecified atom stereocenters. The zero-order chi connectivity index (χ0) is 19.8. The summed E-state index contributed by atoms with van der Waals surface area (Å²) in [5.41, 5.74) is 1.51. The van der Waals surface area contributed by atoms with E-state index < -0.39 is 5.60 Å². The van der Waals surface area contributed by atoms with Crippen LogP contribution >= 0.6 is 0 Å². The number of carbonyl (C=O) groups is 2. The Labute approximate surface area is 161 Å². The van der Waals surface area contributed by atoms with Crippen LogP contribution in [0.5, 0.6) is 0 Å². The number of amides is 2. The Morgan fingerprint density at radius 1 is 1.11 bits per heavy atom. The first-order chi connectivity index (χ1) is 12.7. The zero-order valence-corrected chi connectivity index (χ0v) is 16.6. The number of nitrogens with zero attached hydrogens (tertiary/aromatic N) is 2. The number of hydrogen-bond donors (Lipinski definition) is 0. The molecule has 0 aromatic heterocycles. The van der Waals surface area contributed by atoms with Gasteiger partial charge in [-0.25, -0.2) is 9.59 Å². The lowest BCUT2D eigenvalue weighted by Crippen LogP contribution is -2.41. The van der Waals surface area contributed by atoms with Crippen molar-refractivity contribution in [3.8, 4) is 0 Å². The molecule has 6 heteroatoms. The van der Waals surface area contributed by atoms with Crippen LogP contribution in [-0.2, 0) is 9.47 Å². The maximum Gasteiger partial charge on any atom is 0.410 e. The minimum atomic E-state index is -0.535. The lowest BCUT2D eigenvalue weighted by molar-refractivity contribution is 0.0235. The monoisotopic (exact) mass is 374 g/mol. The van der Waals surface area contributed by atoms with Gasteiger partial charge in [-0.05, 0) is 51.2 Å². The maximum absolute atomic E-state index is 12.7. The SMILES string of the molecule is C=CC1=C(C=C)CN(C(=O)OC2CN(C(=O)OC(C)(C)C)CC23CC3)CC1. The van der Waals surface area contributed by atoms with Crippen LogP contribution in [0.4, 0.5) is 9.59 Å². The van der Waals surface area contributed by atoms with Gasteiger partial charge < -0.3 is 19.3 Å². The maximum atomic E-state index is 12.7. The number of allylic oxidation sites excluding steroid dienone is 1. The summed E-state index contributed by atoms with van der Waals surface area (Å²) < 4.78 is 11.3. The Morgan fingerprint density at radius 3 is 2.33 bits per heavy atom. The molecule has 148 valence electrons. The highest BCUT2D eigenvalue weighted by atomic mass is 16.6. The van der Waals surface area contributed by atoms with Gasteiger partial charge in [0.2, 0.25) is 0 Å². The van der Waals surface area contributed by atoms with E-state index in [0.717, 1.165) is 30.4 Å². The third-order valence-corrected chi connectivity index (χ3v) is 5.54. The van der Waals surface area contributed by atoms with Crippen molar-refractivity contribution in [2.24, 2.45) is 5.41 Å². The summed E-state index contributed by atoms with van der Waals surface area (Å²) in [6.07, 6.45) is 5.38. The van der Waals surface area contributed by atoms with Gasteiger partial charge in [0.25, 0.3) is 0 Å². The quantitative estimate of drug-likeness (QED) is 0.752. The number of likely N-dealkylation sites (tertiary alicyclic amines) is 1. The van der Waals surface area contributed by atoms with Crippen LogP contribution in [0, 0.1) is 5.41 Å². The minimum absolute atomic E-state index is 0.0915.